The first kappa shape index (κ1) is 36.4. The Morgan fingerprint density at radius 1 is 0.522 bits per heavy atom. The van der Waals surface area contributed by atoms with Crippen molar-refractivity contribution in [1.82, 2.24) is 5.32 Å². The van der Waals surface area contributed by atoms with Crippen LogP contribution in [0.1, 0.15) is 0 Å². The molecule has 5 aliphatic rings. The summed E-state index contributed by atoms with van der Waals surface area (Å²) in [5.41, 5.74) is -1.59. The van der Waals surface area contributed by atoms with Crippen LogP contribution in [0.3, 0.4) is 0 Å². The summed E-state index contributed by atoms with van der Waals surface area (Å²) in [6, 6.07) is -2.57. The van der Waals surface area contributed by atoms with Crippen LogP contribution in [0.5, 0.6) is 0 Å². The molecule has 268 valence electrons. The molecule has 4 saturated heterocycles. The fraction of sp³-hybridized carbons (Fsp3) is 1.00. The van der Waals surface area contributed by atoms with E-state index in [1.165, 1.54) is 0 Å². The van der Waals surface area contributed by atoms with Crippen LogP contribution in [0, 0.1) is 0 Å². The number of fused-ring (bicyclic) bond motifs is 1. The predicted octanol–water partition coefficient (Wildman–Crippen LogP) is -10.4. The first-order valence-electron chi connectivity index (χ1n) is 14.7. The highest BCUT2D eigenvalue weighted by Gasteiger charge is 2.72. The molecule has 0 spiro atoms. The van der Waals surface area contributed by atoms with E-state index in [1.54, 1.807) is 0 Å². The van der Waals surface area contributed by atoms with Gasteiger partial charge in [0.2, 0.25) is 0 Å². The van der Waals surface area contributed by atoms with Crippen molar-refractivity contribution in [3.8, 4) is 0 Å². The Hall–Kier alpha value is -0.840. The largest absolute Gasteiger partial charge is 0.394 e. The summed E-state index contributed by atoms with van der Waals surface area (Å²) in [4.78, 5) is 0. The zero-order chi connectivity index (χ0) is 33.8. The van der Waals surface area contributed by atoms with Crippen LogP contribution in [0.15, 0.2) is 0 Å². The van der Waals surface area contributed by atoms with Gasteiger partial charge in [0.15, 0.2) is 18.9 Å². The number of hydrogen-bond donors (Lipinski definition) is 15. The molecule has 21 heteroatoms. The first-order chi connectivity index (χ1) is 21.8. The Kier molecular flexibility index (Phi) is 11.2. The van der Waals surface area contributed by atoms with Gasteiger partial charge >= 0.3 is 0 Å². The monoisotopic (exact) mass is 677 g/mol. The van der Waals surface area contributed by atoms with Gasteiger partial charge in [-0.3, -0.25) is 0 Å². The average molecular weight is 678 g/mol. The standard InChI is InChI=1S/C25H43NO20/c27-1-5-8(26-9-11(32)14(35)20(39)25(4-30)21(9)46-25)10(31)16(37)23(42-5)45-19-7(3-29)43-24(17(38)13(19)34)44-18-6(2-28)41-22(40)15(36)12(18)33/h5-24,26-40H,1-4H2. The average Bonchev–Trinajstić information content (AvgIpc) is 3.80. The third-order valence-electron chi connectivity index (χ3n) is 9.40. The molecule has 21 unspecified atom stereocenters. The van der Waals surface area contributed by atoms with Gasteiger partial charge in [0.05, 0.1) is 38.5 Å². The molecule has 0 aromatic carbocycles. The molecular formula is C25H43NO20. The zero-order valence-corrected chi connectivity index (χ0v) is 24.1. The van der Waals surface area contributed by atoms with E-state index < -0.39 is 155 Å². The number of aliphatic hydroxyl groups is 14. The van der Waals surface area contributed by atoms with Gasteiger partial charge in [0.25, 0.3) is 0 Å². The molecule has 0 bridgehead atoms. The molecule has 4 heterocycles. The van der Waals surface area contributed by atoms with Crippen molar-refractivity contribution < 1.29 is 99.9 Å². The molecule has 1 saturated carbocycles. The lowest BCUT2D eigenvalue weighted by Crippen LogP contribution is -2.71. The van der Waals surface area contributed by atoms with Crippen LogP contribution in [0.2, 0.25) is 0 Å². The van der Waals surface area contributed by atoms with Gasteiger partial charge < -0.3 is 105 Å². The number of aliphatic hydroxyl groups excluding tert-OH is 14. The van der Waals surface area contributed by atoms with Crippen LogP contribution in [-0.4, -0.2) is 226 Å². The van der Waals surface area contributed by atoms with E-state index in [9.17, 15) is 71.5 Å². The minimum Gasteiger partial charge on any atom is -0.394 e. The lowest BCUT2D eigenvalue weighted by atomic mass is 9.79. The van der Waals surface area contributed by atoms with E-state index in [0.717, 1.165) is 0 Å². The fourth-order valence-electron chi connectivity index (χ4n) is 6.60. The topological polar surface area (TPSA) is 354 Å². The smallest absolute Gasteiger partial charge is 0.187 e. The van der Waals surface area contributed by atoms with Gasteiger partial charge in [-0.25, -0.2) is 0 Å². The summed E-state index contributed by atoms with van der Waals surface area (Å²) in [5.74, 6) is 0. The molecule has 5 rings (SSSR count). The first-order valence-corrected chi connectivity index (χ1v) is 14.7. The number of rotatable bonds is 10. The summed E-state index contributed by atoms with van der Waals surface area (Å²) in [7, 11) is 0. The van der Waals surface area contributed by atoms with Gasteiger partial charge in [-0.1, -0.05) is 0 Å². The second-order valence-electron chi connectivity index (χ2n) is 12.1. The molecule has 0 amide bonds. The SMILES string of the molecule is OCC1OC(OC2C(CO)OC(OC3C(CO)OC(O)C(O)C3O)C(O)C2O)C(O)C(O)C1NC1C(O)C(O)C(O)C2(CO)OC12. The molecule has 0 radical (unpaired) electrons. The Morgan fingerprint density at radius 2 is 1.00 bits per heavy atom. The van der Waals surface area contributed by atoms with Crippen molar-refractivity contribution in [2.75, 3.05) is 26.4 Å². The molecule has 1 aliphatic carbocycles. The summed E-state index contributed by atoms with van der Waals surface area (Å²) in [6.07, 6.45) is -30.6. The van der Waals surface area contributed by atoms with Crippen LogP contribution in [-0.2, 0) is 28.4 Å². The summed E-state index contributed by atoms with van der Waals surface area (Å²) < 4.78 is 32.6. The van der Waals surface area contributed by atoms with Crippen molar-refractivity contribution in [2.45, 2.75) is 128 Å². The Bertz CT molecular complexity index is 1010. The second kappa shape index (κ2) is 14.2. The highest BCUT2D eigenvalue weighted by molar-refractivity contribution is 5.22. The van der Waals surface area contributed by atoms with Crippen molar-refractivity contribution in [1.29, 1.82) is 0 Å². The van der Waals surface area contributed by atoms with E-state index >= 15 is 0 Å². The predicted molar refractivity (Wildman–Crippen MR) is 139 cm³/mol. The van der Waals surface area contributed by atoms with Crippen molar-refractivity contribution >= 4 is 0 Å². The van der Waals surface area contributed by atoms with E-state index in [4.69, 9.17) is 28.4 Å². The Balaban J connectivity index is 1.25. The Labute approximate surface area is 260 Å². The second-order valence-corrected chi connectivity index (χ2v) is 12.1. The minimum absolute atomic E-state index is 0.704. The highest BCUT2D eigenvalue weighted by atomic mass is 16.8. The molecule has 15 N–H and O–H groups in total. The molecule has 0 aromatic rings. The number of epoxide rings is 1. The maximum atomic E-state index is 11.0. The molecule has 0 aromatic heterocycles. The molecule has 46 heavy (non-hydrogen) atoms. The van der Waals surface area contributed by atoms with Crippen LogP contribution < -0.4 is 5.32 Å². The van der Waals surface area contributed by atoms with Crippen molar-refractivity contribution in [2.24, 2.45) is 0 Å². The number of ether oxygens (including phenoxy) is 6. The summed E-state index contributed by atoms with van der Waals surface area (Å²) >= 11 is 0. The molecule has 4 aliphatic heterocycles. The quantitative estimate of drug-likeness (QED) is 0.0954. The molecule has 5 fully saturated rings. The van der Waals surface area contributed by atoms with Crippen LogP contribution >= 0.6 is 0 Å². The maximum Gasteiger partial charge on any atom is 0.187 e. The number of nitrogens with one attached hydrogen (secondary N) is 1. The van der Waals surface area contributed by atoms with Gasteiger partial charge in [-0.15, -0.1) is 0 Å². The fourth-order valence-corrected chi connectivity index (χ4v) is 6.60. The van der Waals surface area contributed by atoms with E-state index in [1.807, 2.05) is 0 Å². The third kappa shape index (κ3) is 6.21. The van der Waals surface area contributed by atoms with E-state index in [0.29, 0.717) is 0 Å². The minimum atomic E-state index is -1.99. The van der Waals surface area contributed by atoms with Gasteiger partial charge in [-0.05, 0) is 0 Å². The van der Waals surface area contributed by atoms with Crippen LogP contribution in [0.25, 0.3) is 0 Å². The van der Waals surface area contributed by atoms with Crippen molar-refractivity contribution in [3.05, 3.63) is 0 Å². The molecule has 21 nitrogen and oxygen atoms in total. The van der Waals surface area contributed by atoms with E-state index in [2.05, 4.69) is 5.32 Å². The highest BCUT2D eigenvalue weighted by Crippen LogP contribution is 2.48. The third-order valence-corrected chi connectivity index (χ3v) is 9.40. The van der Waals surface area contributed by atoms with Crippen molar-refractivity contribution in [3.63, 3.8) is 0 Å². The van der Waals surface area contributed by atoms with Gasteiger partial charge in [0, 0.05) is 0 Å². The lowest BCUT2D eigenvalue weighted by Gasteiger charge is -2.49. The van der Waals surface area contributed by atoms with Gasteiger partial charge in [0.1, 0.15) is 97.2 Å². The lowest BCUT2D eigenvalue weighted by molar-refractivity contribution is -0.375. The van der Waals surface area contributed by atoms with E-state index in [-0.39, 0.29) is 0 Å². The molecular weight excluding hydrogens is 634 g/mol. The Morgan fingerprint density at radius 3 is 1.54 bits per heavy atom. The zero-order valence-electron chi connectivity index (χ0n) is 24.1. The van der Waals surface area contributed by atoms with Crippen LogP contribution in [0.4, 0.5) is 0 Å². The summed E-state index contributed by atoms with van der Waals surface area (Å²) in [6.45, 7) is -3.20. The molecule has 21 atom stereocenters. The number of hydrogen-bond acceptors (Lipinski definition) is 21. The summed E-state index contributed by atoms with van der Waals surface area (Å²) in [5, 5.41) is 147. The normalized spacial score (nSPS) is 56.0. The van der Waals surface area contributed by atoms with Gasteiger partial charge in [-0.2, -0.15) is 0 Å². The maximum absolute atomic E-state index is 11.0.